The van der Waals surface area contributed by atoms with Gasteiger partial charge in [0.1, 0.15) is 0 Å². The third kappa shape index (κ3) is 5.71. The van der Waals surface area contributed by atoms with E-state index in [0.717, 1.165) is 48.0 Å². The van der Waals surface area contributed by atoms with Gasteiger partial charge in [-0.15, -0.1) is 0 Å². The van der Waals surface area contributed by atoms with Gasteiger partial charge in [-0.25, -0.2) is 4.79 Å². The van der Waals surface area contributed by atoms with E-state index in [0.29, 0.717) is 5.69 Å². The molecule has 0 saturated carbocycles. The number of urea groups is 1. The van der Waals surface area contributed by atoms with Crippen molar-refractivity contribution in [1.82, 2.24) is 10.2 Å². The van der Waals surface area contributed by atoms with Gasteiger partial charge in [0.15, 0.2) is 0 Å². The Bertz CT molecular complexity index is 908. The van der Waals surface area contributed by atoms with E-state index in [2.05, 4.69) is 27.4 Å². The summed E-state index contributed by atoms with van der Waals surface area (Å²) in [5.74, 6) is -0.306. The number of nitrogens with zero attached hydrogens (tertiary/aromatic N) is 2. The van der Waals surface area contributed by atoms with E-state index in [1.54, 1.807) is 0 Å². The fourth-order valence-electron chi connectivity index (χ4n) is 3.55. The first-order valence-electron chi connectivity index (χ1n) is 9.73. The molecule has 7 heteroatoms. The lowest BCUT2D eigenvalue weighted by Gasteiger charge is -2.36. The van der Waals surface area contributed by atoms with E-state index < -0.39 is 6.03 Å². The summed E-state index contributed by atoms with van der Waals surface area (Å²) < 4.78 is 0. The Kier molecular flexibility index (Phi) is 6.77. The van der Waals surface area contributed by atoms with Crippen molar-refractivity contribution >= 4 is 34.9 Å². The van der Waals surface area contributed by atoms with Gasteiger partial charge in [-0.2, -0.15) is 0 Å². The van der Waals surface area contributed by atoms with Crippen LogP contribution in [0.2, 0.25) is 5.02 Å². The van der Waals surface area contributed by atoms with Crippen LogP contribution in [0.4, 0.5) is 16.2 Å². The van der Waals surface area contributed by atoms with Crippen LogP contribution >= 0.6 is 11.6 Å². The van der Waals surface area contributed by atoms with Crippen LogP contribution in [0.5, 0.6) is 0 Å². The average molecular weight is 415 g/mol. The number of halogens is 1. The van der Waals surface area contributed by atoms with Crippen molar-refractivity contribution < 1.29 is 9.59 Å². The highest BCUT2D eigenvalue weighted by Gasteiger charge is 2.21. The minimum absolute atomic E-state index is 0.197. The monoisotopic (exact) mass is 414 g/mol. The zero-order valence-corrected chi connectivity index (χ0v) is 17.8. The summed E-state index contributed by atoms with van der Waals surface area (Å²) in [4.78, 5) is 28.7. The number of piperazine rings is 1. The number of nitrogens with one attached hydrogen (secondary N) is 2. The van der Waals surface area contributed by atoms with Gasteiger partial charge in [0.2, 0.25) is 5.91 Å². The van der Waals surface area contributed by atoms with Crippen molar-refractivity contribution in [3.63, 3.8) is 0 Å². The number of imide groups is 1. The number of rotatable bonds is 4. The number of hydrogen-bond acceptors (Lipinski definition) is 4. The second kappa shape index (κ2) is 9.29. The molecule has 0 spiro atoms. The lowest BCUT2D eigenvalue weighted by Crippen LogP contribution is -2.50. The second-order valence-corrected chi connectivity index (χ2v) is 7.95. The number of carbonyl (C=O) groups excluding carboxylic acids is 2. The van der Waals surface area contributed by atoms with Crippen LogP contribution in [0.25, 0.3) is 0 Å². The van der Waals surface area contributed by atoms with E-state index >= 15 is 0 Å². The van der Waals surface area contributed by atoms with E-state index in [-0.39, 0.29) is 12.5 Å². The summed E-state index contributed by atoms with van der Waals surface area (Å²) in [6.07, 6.45) is 0. The summed E-state index contributed by atoms with van der Waals surface area (Å²) in [5, 5.41) is 5.88. The van der Waals surface area contributed by atoms with Crippen molar-refractivity contribution in [1.29, 1.82) is 0 Å². The van der Waals surface area contributed by atoms with Gasteiger partial charge in [0, 0.05) is 42.6 Å². The molecule has 2 aromatic rings. The number of anilines is 2. The summed E-state index contributed by atoms with van der Waals surface area (Å²) in [5.41, 5.74) is 5.10. The standard InChI is InChI=1S/C22H27ClN4O2/c1-15-4-7-19(17(3)12-15)24-22(29)25-21(28)14-26-8-10-27(11-9-26)20-13-18(23)6-5-16(20)2/h4-7,12-13H,8-11,14H2,1-3H3,(H2,24,25,28,29). The minimum Gasteiger partial charge on any atom is -0.369 e. The van der Waals surface area contributed by atoms with Crippen LogP contribution in [0.15, 0.2) is 36.4 Å². The predicted octanol–water partition coefficient (Wildman–Crippen LogP) is 3.74. The molecule has 2 N–H and O–H groups in total. The summed E-state index contributed by atoms with van der Waals surface area (Å²) >= 11 is 6.13. The Balaban J connectivity index is 1.47. The Hall–Kier alpha value is -2.57. The molecular formula is C22H27ClN4O2. The van der Waals surface area contributed by atoms with Crippen molar-refractivity contribution in [3.05, 3.63) is 58.1 Å². The predicted molar refractivity (Wildman–Crippen MR) is 118 cm³/mol. The molecule has 0 radical (unpaired) electrons. The van der Waals surface area contributed by atoms with Crippen LogP contribution in [0.1, 0.15) is 16.7 Å². The molecule has 0 atom stereocenters. The number of amides is 3. The van der Waals surface area contributed by atoms with Crippen molar-refractivity contribution in [2.45, 2.75) is 20.8 Å². The Labute approximate surface area is 176 Å². The zero-order valence-electron chi connectivity index (χ0n) is 17.1. The van der Waals surface area contributed by atoms with Gasteiger partial charge < -0.3 is 10.2 Å². The number of aryl methyl sites for hydroxylation is 3. The Morgan fingerprint density at radius 2 is 1.69 bits per heavy atom. The molecule has 6 nitrogen and oxygen atoms in total. The molecule has 1 saturated heterocycles. The van der Waals surface area contributed by atoms with Crippen LogP contribution in [-0.2, 0) is 4.79 Å². The number of carbonyl (C=O) groups is 2. The van der Waals surface area contributed by atoms with Crippen molar-refractivity contribution in [3.8, 4) is 0 Å². The molecule has 0 aromatic heterocycles. The molecule has 3 amide bonds. The molecule has 0 unspecified atom stereocenters. The fourth-order valence-corrected chi connectivity index (χ4v) is 3.71. The molecule has 0 aliphatic carbocycles. The van der Waals surface area contributed by atoms with Crippen LogP contribution in [0, 0.1) is 20.8 Å². The van der Waals surface area contributed by atoms with Gasteiger partial charge in [-0.05, 0) is 50.1 Å². The largest absolute Gasteiger partial charge is 0.369 e. The molecule has 2 aromatic carbocycles. The quantitative estimate of drug-likeness (QED) is 0.800. The van der Waals surface area contributed by atoms with Gasteiger partial charge in [-0.1, -0.05) is 35.4 Å². The molecular weight excluding hydrogens is 388 g/mol. The Morgan fingerprint density at radius 1 is 0.966 bits per heavy atom. The minimum atomic E-state index is -0.504. The second-order valence-electron chi connectivity index (χ2n) is 7.51. The van der Waals surface area contributed by atoms with Crippen LogP contribution < -0.4 is 15.5 Å². The first-order chi connectivity index (χ1) is 13.8. The van der Waals surface area contributed by atoms with Crippen LogP contribution in [-0.4, -0.2) is 49.6 Å². The Morgan fingerprint density at radius 3 is 2.38 bits per heavy atom. The summed E-state index contributed by atoms with van der Waals surface area (Å²) in [6, 6.07) is 11.1. The normalized spacial score (nSPS) is 14.6. The topological polar surface area (TPSA) is 64.7 Å². The number of hydrogen-bond donors (Lipinski definition) is 2. The molecule has 1 aliphatic rings. The first kappa shape index (κ1) is 21.1. The van der Waals surface area contributed by atoms with Gasteiger partial charge in [-0.3, -0.25) is 15.0 Å². The maximum absolute atomic E-state index is 12.3. The molecule has 154 valence electrons. The highest BCUT2D eigenvalue weighted by atomic mass is 35.5. The smallest absolute Gasteiger partial charge is 0.325 e. The maximum Gasteiger partial charge on any atom is 0.325 e. The zero-order chi connectivity index (χ0) is 21.0. The van der Waals surface area contributed by atoms with Gasteiger partial charge >= 0.3 is 6.03 Å². The molecule has 1 aliphatic heterocycles. The summed E-state index contributed by atoms with van der Waals surface area (Å²) in [6.45, 7) is 9.30. The number of benzene rings is 2. The summed E-state index contributed by atoms with van der Waals surface area (Å²) in [7, 11) is 0. The third-order valence-corrected chi connectivity index (χ3v) is 5.37. The molecule has 1 fully saturated rings. The third-order valence-electron chi connectivity index (χ3n) is 5.13. The maximum atomic E-state index is 12.3. The van der Waals surface area contributed by atoms with Gasteiger partial charge in [0.05, 0.1) is 6.54 Å². The fraction of sp³-hybridized carbons (Fsp3) is 0.364. The van der Waals surface area contributed by atoms with E-state index in [4.69, 9.17) is 11.6 Å². The van der Waals surface area contributed by atoms with E-state index in [9.17, 15) is 9.59 Å². The van der Waals surface area contributed by atoms with E-state index in [1.807, 2.05) is 50.2 Å². The van der Waals surface area contributed by atoms with Crippen molar-refractivity contribution in [2.24, 2.45) is 0 Å². The van der Waals surface area contributed by atoms with Crippen molar-refractivity contribution in [2.75, 3.05) is 42.9 Å². The molecule has 29 heavy (non-hydrogen) atoms. The lowest BCUT2D eigenvalue weighted by atomic mass is 10.1. The molecule has 1 heterocycles. The lowest BCUT2D eigenvalue weighted by molar-refractivity contribution is -0.121. The van der Waals surface area contributed by atoms with E-state index in [1.165, 1.54) is 5.56 Å². The highest BCUT2D eigenvalue weighted by Crippen LogP contribution is 2.25. The van der Waals surface area contributed by atoms with Gasteiger partial charge in [0.25, 0.3) is 0 Å². The highest BCUT2D eigenvalue weighted by molar-refractivity contribution is 6.30. The molecule has 3 rings (SSSR count). The first-order valence-corrected chi connectivity index (χ1v) is 10.1. The SMILES string of the molecule is Cc1ccc(NC(=O)NC(=O)CN2CCN(c3cc(Cl)ccc3C)CC2)c(C)c1. The molecule has 0 bridgehead atoms. The average Bonchev–Trinajstić information content (AvgIpc) is 2.66. The van der Waals surface area contributed by atoms with Crippen LogP contribution in [0.3, 0.4) is 0 Å².